The van der Waals surface area contributed by atoms with Crippen molar-refractivity contribution in [1.29, 1.82) is 0 Å². The number of ether oxygens (including phenoxy) is 2. The fourth-order valence-corrected chi connectivity index (χ4v) is 4.95. The van der Waals surface area contributed by atoms with E-state index < -0.39 is 0 Å². The summed E-state index contributed by atoms with van der Waals surface area (Å²) in [5.41, 5.74) is 4.55. The van der Waals surface area contributed by atoms with Crippen molar-refractivity contribution in [3.63, 3.8) is 0 Å². The largest absolute Gasteiger partial charge is 0.490 e. The van der Waals surface area contributed by atoms with Gasteiger partial charge in [0.05, 0.1) is 12.2 Å². The molecule has 1 aromatic heterocycles. The number of hydrogen-bond donors (Lipinski definition) is 1. The summed E-state index contributed by atoms with van der Waals surface area (Å²) in [6, 6.07) is 17.3. The van der Waals surface area contributed by atoms with E-state index in [1.54, 1.807) is 18.0 Å². The Labute approximate surface area is 211 Å². The van der Waals surface area contributed by atoms with Gasteiger partial charge in [-0.1, -0.05) is 31.2 Å². The van der Waals surface area contributed by atoms with Gasteiger partial charge in [0.25, 0.3) is 0 Å². The summed E-state index contributed by atoms with van der Waals surface area (Å²) in [4.78, 5) is 30.9. The topological polar surface area (TPSA) is 80.8 Å². The number of para-hydroxylation sites is 1. The molecular weight excluding hydrogens is 454 g/mol. The second-order valence-electron chi connectivity index (χ2n) is 9.37. The molecule has 2 aliphatic rings. The Balaban J connectivity index is 1.28. The van der Waals surface area contributed by atoms with E-state index in [4.69, 9.17) is 9.47 Å². The molecule has 7 nitrogen and oxygen atoms in total. The van der Waals surface area contributed by atoms with E-state index in [-0.39, 0.29) is 23.8 Å². The molecule has 1 aliphatic heterocycles. The number of nitrogens with zero attached hydrogens (tertiary/aromatic N) is 2. The number of Topliss-reactive ketones (excluding diaryl/α,β-unsaturated/α-hetero) is 1. The number of aromatic nitrogens is 1. The first-order valence-corrected chi connectivity index (χ1v) is 12.6. The fourth-order valence-electron chi connectivity index (χ4n) is 4.95. The average molecular weight is 486 g/mol. The molecule has 5 rings (SSSR count). The minimum atomic E-state index is -0.171. The minimum Gasteiger partial charge on any atom is -0.490 e. The van der Waals surface area contributed by atoms with Crippen LogP contribution in [0.25, 0.3) is 11.1 Å². The van der Waals surface area contributed by atoms with Gasteiger partial charge in [-0.05, 0) is 68.0 Å². The fraction of sp³-hybridized carbons (Fsp3) is 0.345. The number of benzene rings is 2. The number of anilines is 2. The Hall–Kier alpha value is -3.87. The van der Waals surface area contributed by atoms with E-state index in [1.165, 1.54) is 0 Å². The predicted octanol–water partition coefficient (Wildman–Crippen LogP) is 5.88. The molecule has 7 heteroatoms. The molecule has 2 atom stereocenters. The normalized spacial score (nSPS) is 18.8. The summed E-state index contributed by atoms with van der Waals surface area (Å²) in [5, 5.41) is 3.05. The van der Waals surface area contributed by atoms with E-state index in [1.807, 2.05) is 54.6 Å². The summed E-state index contributed by atoms with van der Waals surface area (Å²) in [6.45, 7) is 4.63. The second kappa shape index (κ2) is 10.4. The highest BCUT2D eigenvalue weighted by Crippen LogP contribution is 2.36. The van der Waals surface area contributed by atoms with Gasteiger partial charge in [0, 0.05) is 29.4 Å². The lowest BCUT2D eigenvalue weighted by Gasteiger charge is -2.30. The maximum Gasteiger partial charge on any atom is 0.326 e. The van der Waals surface area contributed by atoms with Gasteiger partial charge in [0.1, 0.15) is 24.2 Å². The van der Waals surface area contributed by atoms with E-state index >= 15 is 0 Å². The first kappa shape index (κ1) is 23.9. The molecule has 1 aliphatic carbocycles. The van der Waals surface area contributed by atoms with Crippen molar-refractivity contribution in [1.82, 2.24) is 4.98 Å². The number of pyridine rings is 1. The number of carbonyl (C=O) groups excluding carboxylic acids is 2. The minimum absolute atomic E-state index is 0.0378. The molecule has 2 aromatic carbocycles. The van der Waals surface area contributed by atoms with Crippen LogP contribution in [-0.4, -0.2) is 36.1 Å². The zero-order valence-corrected chi connectivity index (χ0v) is 20.7. The molecule has 1 N–H and O–H groups in total. The molecule has 3 aromatic rings. The van der Waals surface area contributed by atoms with Crippen LogP contribution in [0.2, 0.25) is 0 Å². The highest BCUT2D eigenvalue weighted by molar-refractivity contribution is 6.03. The Morgan fingerprint density at radius 2 is 1.94 bits per heavy atom. The number of amides is 2. The summed E-state index contributed by atoms with van der Waals surface area (Å²) in [6.07, 6.45) is 5.18. The van der Waals surface area contributed by atoms with Crippen LogP contribution in [0.4, 0.5) is 16.2 Å². The highest BCUT2D eigenvalue weighted by Gasteiger charge is 2.29. The lowest BCUT2D eigenvalue weighted by Crippen LogP contribution is -2.40. The number of ketones is 1. The van der Waals surface area contributed by atoms with Crippen LogP contribution in [0.15, 0.2) is 60.8 Å². The molecule has 0 radical (unpaired) electrons. The maximum atomic E-state index is 13.1. The zero-order valence-electron chi connectivity index (χ0n) is 20.7. The van der Waals surface area contributed by atoms with Crippen LogP contribution in [0, 0.1) is 5.92 Å². The van der Waals surface area contributed by atoms with Gasteiger partial charge < -0.3 is 14.8 Å². The van der Waals surface area contributed by atoms with E-state index in [0.717, 1.165) is 53.7 Å². The van der Waals surface area contributed by atoms with Crippen molar-refractivity contribution < 1.29 is 19.1 Å². The van der Waals surface area contributed by atoms with E-state index in [0.29, 0.717) is 24.8 Å². The van der Waals surface area contributed by atoms with Gasteiger partial charge in [-0.25, -0.2) is 9.78 Å². The SMILES string of the molecule is CCc1ccccc1NC(=O)N1CCOc2cc(-c3ccc(OC4CCC(C(C)=O)C4)nc3)ccc21. The average Bonchev–Trinajstić information content (AvgIpc) is 3.37. The number of nitrogens with one attached hydrogen (secondary N) is 1. The molecule has 36 heavy (non-hydrogen) atoms. The molecule has 2 amide bonds. The highest BCUT2D eigenvalue weighted by atomic mass is 16.5. The van der Waals surface area contributed by atoms with Crippen molar-refractivity contribution in [2.45, 2.75) is 45.6 Å². The third-order valence-electron chi connectivity index (χ3n) is 7.02. The molecule has 0 saturated heterocycles. The summed E-state index contributed by atoms with van der Waals surface area (Å²) < 4.78 is 11.9. The Morgan fingerprint density at radius 1 is 1.11 bits per heavy atom. The van der Waals surface area contributed by atoms with Crippen LogP contribution >= 0.6 is 0 Å². The van der Waals surface area contributed by atoms with Crippen LogP contribution in [0.5, 0.6) is 11.6 Å². The lowest BCUT2D eigenvalue weighted by atomic mass is 10.0. The van der Waals surface area contributed by atoms with Crippen LogP contribution in [-0.2, 0) is 11.2 Å². The first-order chi connectivity index (χ1) is 17.5. The molecule has 0 bridgehead atoms. The van der Waals surface area contributed by atoms with Gasteiger partial charge in [0.2, 0.25) is 5.88 Å². The monoisotopic (exact) mass is 485 g/mol. The quantitative estimate of drug-likeness (QED) is 0.472. The molecular formula is C29H31N3O4. The number of hydrogen-bond acceptors (Lipinski definition) is 5. The maximum absolute atomic E-state index is 13.1. The Kier molecular flexibility index (Phi) is 6.89. The standard InChI is InChI=1S/C29H31N3O4/c1-3-20-6-4-5-7-25(20)31-29(34)32-14-15-35-27-17-22(9-12-26(27)32)23-10-13-28(30-18-23)36-24-11-8-21(16-24)19(2)33/h4-7,9-10,12-13,17-18,21,24H,3,8,11,14-16H2,1-2H3,(H,31,34). The van der Waals surface area contributed by atoms with E-state index in [9.17, 15) is 9.59 Å². The van der Waals surface area contributed by atoms with Crippen LogP contribution < -0.4 is 19.7 Å². The van der Waals surface area contributed by atoms with Crippen LogP contribution in [0.3, 0.4) is 0 Å². The third-order valence-corrected chi connectivity index (χ3v) is 7.02. The summed E-state index contributed by atoms with van der Waals surface area (Å²) in [5.74, 6) is 1.57. The van der Waals surface area contributed by atoms with Gasteiger partial charge >= 0.3 is 6.03 Å². The second-order valence-corrected chi connectivity index (χ2v) is 9.37. The Bertz CT molecular complexity index is 1260. The van der Waals surface area contributed by atoms with Crippen LogP contribution in [0.1, 0.15) is 38.7 Å². The van der Waals surface area contributed by atoms with Gasteiger partial charge in [-0.2, -0.15) is 0 Å². The molecule has 2 unspecified atom stereocenters. The molecule has 2 heterocycles. The van der Waals surface area contributed by atoms with E-state index in [2.05, 4.69) is 17.2 Å². The summed E-state index contributed by atoms with van der Waals surface area (Å²) in [7, 11) is 0. The van der Waals surface area contributed by atoms with Gasteiger partial charge in [-0.3, -0.25) is 9.69 Å². The van der Waals surface area contributed by atoms with Gasteiger partial charge in [0.15, 0.2) is 0 Å². The van der Waals surface area contributed by atoms with Gasteiger partial charge in [-0.15, -0.1) is 0 Å². The third kappa shape index (κ3) is 5.05. The number of rotatable bonds is 6. The predicted molar refractivity (Wildman–Crippen MR) is 140 cm³/mol. The van der Waals surface area contributed by atoms with Crippen molar-refractivity contribution in [3.05, 3.63) is 66.4 Å². The Morgan fingerprint density at radius 3 is 2.69 bits per heavy atom. The smallest absolute Gasteiger partial charge is 0.326 e. The van der Waals surface area contributed by atoms with Crippen molar-refractivity contribution in [2.75, 3.05) is 23.4 Å². The first-order valence-electron chi connectivity index (χ1n) is 12.6. The van der Waals surface area contributed by atoms with Crippen molar-refractivity contribution in [3.8, 4) is 22.8 Å². The molecule has 1 saturated carbocycles. The van der Waals surface area contributed by atoms with Crippen molar-refractivity contribution >= 4 is 23.2 Å². The molecule has 0 spiro atoms. The summed E-state index contributed by atoms with van der Waals surface area (Å²) >= 11 is 0. The molecule has 1 fully saturated rings. The zero-order chi connectivity index (χ0) is 25.1. The number of urea groups is 1. The van der Waals surface area contributed by atoms with Crippen molar-refractivity contribution in [2.24, 2.45) is 5.92 Å². The lowest BCUT2D eigenvalue weighted by molar-refractivity contribution is -0.120. The molecule has 186 valence electrons. The number of carbonyl (C=O) groups is 2. The number of aryl methyl sites for hydroxylation is 1. The number of fused-ring (bicyclic) bond motifs is 1.